The van der Waals surface area contributed by atoms with E-state index >= 15 is 0 Å². The first-order chi connectivity index (χ1) is 9.47. The molecule has 1 amide bonds. The summed E-state index contributed by atoms with van der Waals surface area (Å²) in [5, 5.41) is 3.05. The second kappa shape index (κ2) is 7.05. The number of amides is 1. The Balaban J connectivity index is 1.87. The summed E-state index contributed by atoms with van der Waals surface area (Å²) in [5.41, 5.74) is 0.687. The molecule has 0 spiro atoms. The molecule has 1 fully saturated rings. The van der Waals surface area contributed by atoms with Crippen LogP contribution in [0.3, 0.4) is 0 Å². The van der Waals surface area contributed by atoms with Crippen LogP contribution in [0.25, 0.3) is 0 Å². The van der Waals surface area contributed by atoms with E-state index in [9.17, 15) is 4.79 Å². The number of hydrogen-bond acceptors (Lipinski definition) is 2. The first kappa shape index (κ1) is 16.0. The number of halogens is 2. The molecule has 1 saturated heterocycles. The van der Waals surface area contributed by atoms with Crippen LogP contribution in [0.5, 0.6) is 0 Å². The molecule has 0 saturated carbocycles. The minimum atomic E-state index is -0.00706. The van der Waals surface area contributed by atoms with Gasteiger partial charge >= 0.3 is 0 Å². The maximum atomic E-state index is 12.2. The Morgan fingerprint density at radius 3 is 2.80 bits per heavy atom. The van der Waals surface area contributed by atoms with Gasteiger partial charge in [-0.2, -0.15) is 0 Å². The number of nitrogens with zero attached hydrogens (tertiary/aromatic N) is 1. The molecule has 1 heterocycles. The minimum absolute atomic E-state index is 0.00706. The fourth-order valence-corrected chi connectivity index (χ4v) is 3.73. The lowest BCUT2D eigenvalue weighted by Crippen LogP contribution is -2.33. The van der Waals surface area contributed by atoms with Gasteiger partial charge in [0, 0.05) is 28.1 Å². The van der Waals surface area contributed by atoms with Crippen molar-refractivity contribution in [2.45, 2.75) is 26.3 Å². The zero-order valence-corrected chi connectivity index (χ0v) is 15.0. The largest absolute Gasteiger partial charge is 0.352 e. The van der Waals surface area contributed by atoms with Gasteiger partial charge in [0.15, 0.2) is 0 Å². The average Bonchev–Trinajstić information content (AvgIpc) is 2.85. The van der Waals surface area contributed by atoms with Crippen LogP contribution in [0.2, 0.25) is 0 Å². The van der Waals surface area contributed by atoms with Crippen molar-refractivity contribution < 1.29 is 4.79 Å². The molecule has 1 aromatic carbocycles. The lowest BCUT2D eigenvalue weighted by molar-refractivity contribution is 0.0946. The summed E-state index contributed by atoms with van der Waals surface area (Å²) in [5.74, 6) is 0.558. The molecule has 1 aromatic rings. The van der Waals surface area contributed by atoms with E-state index < -0.39 is 0 Å². The van der Waals surface area contributed by atoms with Crippen LogP contribution >= 0.6 is 31.9 Å². The highest BCUT2D eigenvalue weighted by atomic mass is 79.9. The summed E-state index contributed by atoms with van der Waals surface area (Å²) in [6.07, 6.45) is 1.17. The summed E-state index contributed by atoms with van der Waals surface area (Å²) >= 11 is 6.82. The second-order valence-electron chi connectivity index (χ2n) is 5.58. The molecular weight excluding hydrogens is 384 g/mol. The summed E-state index contributed by atoms with van der Waals surface area (Å²) in [7, 11) is 0. The van der Waals surface area contributed by atoms with Crippen molar-refractivity contribution >= 4 is 37.8 Å². The van der Waals surface area contributed by atoms with E-state index in [1.807, 2.05) is 18.2 Å². The van der Waals surface area contributed by atoms with E-state index in [1.54, 1.807) is 0 Å². The summed E-state index contributed by atoms with van der Waals surface area (Å²) in [4.78, 5) is 14.6. The van der Waals surface area contributed by atoms with Crippen molar-refractivity contribution in [3.8, 4) is 0 Å². The van der Waals surface area contributed by atoms with E-state index in [1.165, 1.54) is 6.42 Å². The monoisotopic (exact) mass is 402 g/mol. The van der Waals surface area contributed by atoms with Gasteiger partial charge in [0.2, 0.25) is 0 Å². The molecule has 1 atom stereocenters. The van der Waals surface area contributed by atoms with Gasteiger partial charge in [-0.1, -0.05) is 15.9 Å². The molecule has 3 nitrogen and oxygen atoms in total. The van der Waals surface area contributed by atoms with Crippen LogP contribution in [0.4, 0.5) is 0 Å². The minimum Gasteiger partial charge on any atom is -0.352 e. The SMILES string of the molecule is CC(C)N1CCC(CNC(=O)c2ccc(Br)cc2Br)C1. The van der Waals surface area contributed by atoms with E-state index in [-0.39, 0.29) is 5.91 Å². The molecule has 1 aliphatic rings. The van der Waals surface area contributed by atoms with Gasteiger partial charge in [0.25, 0.3) is 5.91 Å². The number of nitrogens with one attached hydrogen (secondary N) is 1. The van der Waals surface area contributed by atoms with Crippen LogP contribution < -0.4 is 5.32 Å². The summed E-state index contributed by atoms with van der Waals surface area (Å²) < 4.78 is 1.78. The molecule has 1 aliphatic heterocycles. The smallest absolute Gasteiger partial charge is 0.252 e. The van der Waals surface area contributed by atoms with Crippen molar-refractivity contribution in [3.05, 3.63) is 32.7 Å². The predicted molar refractivity (Wildman–Crippen MR) is 89.0 cm³/mol. The number of benzene rings is 1. The van der Waals surface area contributed by atoms with Crippen LogP contribution in [-0.2, 0) is 0 Å². The van der Waals surface area contributed by atoms with Gasteiger partial charge in [-0.05, 0) is 66.9 Å². The van der Waals surface area contributed by atoms with Crippen molar-refractivity contribution in [3.63, 3.8) is 0 Å². The van der Waals surface area contributed by atoms with Crippen molar-refractivity contribution in [2.75, 3.05) is 19.6 Å². The highest BCUT2D eigenvalue weighted by molar-refractivity contribution is 9.11. The van der Waals surface area contributed by atoms with Gasteiger partial charge < -0.3 is 10.2 Å². The van der Waals surface area contributed by atoms with Crippen molar-refractivity contribution in [1.82, 2.24) is 10.2 Å². The van der Waals surface area contributed by atoms with E-state index in [0.29, 0.717) is 17.5 Å². The molecule has 1 N–H and O–H groups in total. The van der Waals surface area contributed by atoms with Crippen LogP contribution in [0.1, 0.15) is 30.6 Å². The number of carbonyl (C=O) groups is 1. The van der Waals surface area contributed by atoms with E-state index in [0.717, 1.165) is 28.6 Å². The summed E-state index contributed by atoms with van der Waals surface area (Å²) in [6, 6.07) is 6.20. The third-order valence-electron chi connectivity index (χ3n) is 3.77. The molecule has 20 heavy (non-hydrogen) atoms. The van der Waals surface area contributed by atoms with Crippen LogP contribution in [0.15, 0.2) is 27.1 Å². The zero-order valence-electron chi connectivity index (χ0n) is 11.8. The molecule has 5 heteroatoms. The Bertz CT molecular complexity index is 491. The Kier molecular flexibility index (Phi) is 5.64. The molecule has 0 bridgehead atoms. The van der Waals surface area contributed by atoms with Crippen molar-refractivity contribution in [1.29, 1.82) is 0 Å². The molecule has 1 unspecified atom stereocenters. The normalized spacial score (nSPS) is 19.6. The average molecular weight is 404 g/mol. The maximum absolute atomic E-state index is 12.2. The number of likely N-dealkylation sites (tertiary alicyclic amines) is 1. The van der Waals surface area contributed by atoms with Crippen LogP contribution in [-0.4, -0.2) is 36.5 Å². The first-order valence-electron chi connectivity index (χ1n) is 6.94. The number of hydrogen-bond donors (Lipinski definition) is 1. The fraction of sp³-hybridized carbons (Fsp3) is 0.533. The fourth-order valence-electron chi connectivity index (χ4n) is 2.50. The Labute approximate surface area is 137 Å². The Hall–Kier alpha value is -0.390. The molecule has 110 valence electrons. The van der Waals surface area contributed by atoms with Crippen molar-refractivity contribution in [2.24, 2.45) is 5.92 Å². The van der Waals surface area contributed by atoms with Gasteiger partial charge in [-0.25, -0.2) is 0 Å². The Morgan fingerprint density at radius 1 is 1.45 bits per heavy atom. The highest BCUT2D eigenvalue weighted by Crippen LogP contribution is 2.22. The predicted octanol–water partition coefficient (Wildman–Crippen LogP) is 3.67. The first-order valence-corrected chi connectivity index (χ1v) is 8.53. The molecule has 2 rings (SSSR count). The highest BCUT2D eigenvalue weighted by Gasteiger charge is 2.24. The third kappa shape index (κ3) is 4.06. The van der Waals surface area contributed by atoms with Crippen LogP contribution in [0, 0.1) is 5.92 Å². The lowest BCUT2D eigenvalue weighted by atomic mass is 10.1. The van der Waals surface area contributed by atoms with E-state index in [2.05, 4.69) is 55.9 Å². The number of rotatable bonds is 4. The number of carbonyl (C=O) groups excluding carboxylic acids is 1. The molecular formula is C15H20Br2N2O. The maximum Gasteiger partial charge on any atom is 0.252 e. The molecule has 0 aromatic heterocycles. The molecule has 0 radical (unpaired) electrons. The zero-order chi connectivity index (χ0) is 14.7. The lowest BCUT2D eigenvalue weighted by Gasteiger charge is -2.20. The van der Waals surface area contributed by atoms with Gasteiger partial charge in [-0.3, -0.25) is 4.79 Å². The second-order valence-corrected chi connectivity index (χ2v) is 7.35. The van der Waals surface area contributed by atoms with E-state index in [4.69, 9.17) is 0 Å². The summed E-state index contributed by atoms with van der Waals surface area (Å²) in [6.45, 7) is 7.42. The Morgan fingerprint density at radius 2 is 2.20 bits per heavy atom. The quantitative estimate of drug-likeness (QED) is 0.831. The third-order valence-corrected chi connectivity index (χ3v) is 4.92. The van der Waals surface area contributed by atoms with Gasteiger partial charge in [0.1, 0.15) is 0 Å². The van der Waals surface area contributed by atoms with Gasteiger partial charge in [0.05, 0.1) is 5.56 Å². The van der Waals surface area contributed by atoms with Gasteiger partial charge in [-0.15, -0.1) is 0 Å². The topological polar surface area (TPSA) is 32.3 Å². The standard InChI is InChI=1S/C15H20Br2N2O/c1-10(2)19-6-5-11(9-19)8-18-15(20)13-4-3-12(16)7-14(13)17/h3-4,7,10-11H,5-6,8-9H2,1-2H3,(H,18,20). The molecule has 0 aliphatic carbocycles.